The van der Waals surface area contributed by atoms with Crippen LogP contribution in [0, 0.1) is 0 Å². The van der Waals surface area contributed by atoms with Gasteiger partial charge in [0, 0.05) is 5.75 Å². The van der Waals surface area contributed by atoms with Crippen LogP contribution < -0.4 is 66.5 Å². The fourth-order valence-corrected chi connectivity index (χ4v) is 4.01. The number of rotatable bonds is 6. The number of β-lactam (4-membered cyclic amide) rings is 1. The Kier molecular flexibility index (Phi) is 7.71. The van der Waals surface area contributed by atoms with Crippen LogP contribution in [0.25, 0.3) is 0 Å². The van der Waals surface area contributed by atoms with Crippen LogP contribution in [0.3, 0.4) is 0 Å². The molecule has 0 aliphatic carbocycles. The number of amides is 2. The molecule has 26 heavy (non-hydrogen) atoms. The molecule has 0 bridgehead atoms. The van der Waals surface area contributed by atoms with Crippen LogP contribution in [0.2, 0.25) is 0 Å². The van der Waals surface area contributed by atoms with Crippen molar-refractivity contribution in [2.75, 3.05) is 19.0 Å². The van der Waals surface area contributed by atoms with Crippen molar-refractivity contribution in [1.82, 2.24) is 10.2 Å². The maximum absolute atomic E-state index is 12.2. The van der Waals surface area contributed by atoms with Gasteiger partial charge in [-0.2, -0.15) is 0 Å². The molecule has 1 saturated heterocycles. The number of ether oxygens (including phenoxy) is 1. The van der Waals surface area contributed by atoms with Crippen molar-refractivity contribution in [3.63, 3.8) is 0 Å². The number of carbonyl (C=O) groups is 3. The molecule has 1 aromatic rings. The van der Waals surface area contributed by atoms with E-state index in [4.69, 9.17) is 4.74 Å². The number of carboxylic acid groups (broad SMARTS) is 1. The number of fused-ring (bicyclic) bond motifs is 1. The summed E-state index contributed by atoms with van der Waals surface area (Å²) < 4.78 is 5.31. The van der Waals surface area contributed by atoms with Crippen molar-refractivity contribution < 1.29 is 80.7 Å². The summed E-state index contributed by atoms with van der Waals surface area (Å²) in [5.74, 6) is -1.76. The van der Waals surface area contributed by atoms with E-state index < -0.39 is 35.8 Å². The number of aliphatic hydroxyl groups excluding tert-OH is 1. The van der Waals surface area contributed by atoms with E-state index in [2.05, 4.69) is 5.32 Å². The molecular weight excluding hydrogens is 387 g/mol. The summed E-state index contributed by atoms with van der Waals surface area (Å²) in [4.78, 5) is 36.5. The summed E-state index contributed by atoms with van der Waals surface area (Å²) in [5.41, 5.74) is -0.0749. The van der Waals surface area contributed by atoms with Crippen molar-refractivity contribution in [2.24, 2.45) is 0 Å². The second kappa shape index (κ2) is 9.35. The third kappa shape index (κ3) is 4.33. The van der Waals surface area contributed by atoms with Crippen molar-refractivity contribution in [1.29, 1.82) is 0 Å². The Bertz CT molecular complexity index is 742. The zero-order chi connectivity index (χ0) is 18.0. The molecule has 2 atom stereocenters. The smallest absolute Gasteiger partial charge is 0.543 e. The van der Waals surface area contributed by atoms with Gasteiger partial charge in [-0.3, -0.25) is 14.5 Å². The third-order valence-corrected chi connectivity index (χ3v) is 5.20. The molecular formula is C16H15KN2O6S. The van der Waals surface area contributed by atoms with Crippen LogP contribution in [0.4, 0.5) is 0 Å². The van der Waals surface area contributed by atoms with Gasteiger partial charge in [0.1, 0.15) is 17.2 Å². The molecule has 0 spiro atoms. The predicted molar refractivity (Wildman–Crippen MR) is 86.1 cm³/mol. The van der Waals surface area contributed by atoms with E-state index in [1.54, 1.807) is 24.3 Å². The number of para-hydroxylation sites is 1. The Labute approximate surface area is 196 Å². The van der Waals surface area contributed by atoms with E-state index in [1.807, 2.05) is 6.07 Å². The monoisotopic (exact) mass is 402 g/mol. The fraction of sp³-hybridized carbons (Fsp3) is 0.312. The van der Waals surface area contributed by atoms with E-state index in [-0.39, 0.29) is 75.0 Å². The normalized spacial score (nSPS) is 21.3. The van der Waals surface area contributed by atoms with Gasteiger partial charge in [0.2, 0.25) is 0 Å². The second-order valence-electron chi connectivity index (χ2n) is 5.45. The van der Waals surface area contributed by atoms with Crippen LogP contribution in [0.1, 0.15) is 0 Å². The summed E-state index contributed by atoms with van der Waals surface area (Å²) in [6, 6.07) is 7.93. The minimum absolute atomic E-state index is 0. The van der Waals surface area contributed by atoms with Gasteiger partial charge in [0.15, 0.2) is 6.61 Å². The zero-order valence-corrected chi connectivity index (χ0v) is 17.9. The van der Waals surface area contributed by atoms with Crippen LogP contribution in [-0.2, 0) is 14.4 Å². The number of hydrogen-bond donors (Lipinski definition) is 2. The quantitative estimate of drug-likeness (QED) is 0.363. The number of nitrogens with one attached hydrogen (secondary N) is 1. The average Bonchev–Trinajstić information content (AvgIpc) is 2.63. The Morgan fingerprint density at radius 2 is 2.04 bits per heavy atom. The number of aliphatic carboxylic acids is 1. The topological polar surface area (TPSA) is 119 Å². The molecule has 0 unspecified atom stereocenters. The molecule has 0 aromatic heterocycles. The number of benzene rings is 1. The molecule has 3 rings (SSSR count). The Morgan fingerprint density at radius 3 is 2.65 bits per heavy atom. The van der Waals surface area contributed by atoms with Crippen molar-refractivity contribution >= 4 is 29.5 Å². The maximum Gasteiger partial charge on any atom is 1.00 e. The van der Waals surface area contributed by atoms with Crippen molar-refractivity contribution in [3.8, 4) is 5.75 Å². The first kappa shape index (κ1) is 21.4. The Morgan fingerprint density at radius 1 is 1.35 bits per heavy atom. The molecule has 2 N–H and O–H groups in total. The number of nitrogens with zero attached hydrogens (tertiary/aromatic N) is 1. The molecule has 0 saturated carbocycles. The SMILES string of the molecule is O=C(COc1ccccc1)N[C@H]1C(=O)N2C(C(=O)[O-])=C(CO)CS[C@H]12.[K+]. The molecule has 2 aliphatic rings. The van der Waals surface area contributed by atoms with Gasteiger partial charge in [-0.15, -0.1) is 11.8 Å². The van der Waals surface area contributed by atoms with Gasteiger partial charge in [-0.1, -0.05) is 18.2 Å². The van der Waals surface area contributed by atoms with E-state index in [9.17, 15) is 24.6 Å². The van der Waals surface area contributed by atoms with Gasteiger partial charge < -0.3 is 25.1 Å². The number of carbonyl (C=O) groups excluding carboxylic acids is 3. The van der Waals surface area contributed by atoms with Crippen LogP contribution in [-0.4, -0.2) is 58.2 Å². The van der Waals surface area contributed by atoms with E-state index in [0.29, 0.717) is 5.75 Å². The minimum atomic E-state index is -1.51. The molecule has 2 amide bonds. The van der Waals surface area contributed by atoms with Crippen molar-refractivity contribution in [2.45, 2.75) is 11.4 Å². The van der Waals surface area contributed by atoms with Crippen LogP contribution >= 0.6 is 11.8 Å². The van der Waals surface area contributed by atoms with Crippen LogP contribution in [0.15, 0.2) is 41.6 Å². The van der Waals surface area contributed by atoms with E-state index in [0.717, 1.165) is 4.90 Å². The van der Waals surface area contributed by atoms with Gasteiger partial charge in [-0.05, 0) is 17.7 Å². The first-order chi connectivity index (χ1) is 12.0. The first-order valence-electron chi connectivity index (χ1n) is 7.49. The summed E-state index contributed by atoms with van der Waals surface area (Å²) in [7, 11) is 0. The molecule has 8 nitrogen and oxygen atoms in total. The fourth-order valence-electron chi connectivity index (χ4n) is 2.67. The number of aliphatic hydroxyl groups is 1. The summed E-state index contributed by atoms with van der Waals surface area (Å²) in [6.45, 7) is -0.717. The zero-order valence-electron chi connectivity index (χ0n) is 14.0. The first-order valence-corrected chi connectivity index (χ1v) is 8.54. The molecule has 132 valence electrons. The minimum Gasteiger partial charge on any atom is -0.543 e. The van der Waals surface area contributed by atoms with Gasteiger partial charge in [-0.25, -0.2) is 0 Å². The molecule has 1 aromatic carbocycles. The van der Waals surface area contributed by atoms with Crippen LogP contribution in [0.5, 0.6) is 5.75 Å². The van der Waals surface area contributed by atoms with Gasteiger partial charge in [0.05, 0.1) is 18.3 Å². The number of hydrogen-bond acceptors (Lipinski definition) is 7. The molecule has 0 radical (unpaired) electrons. The summed E-state index contributed by atoms with van der Waals surface area (Å²) >= 11 is 1.28. The van der Waals surface area contributed by atoms with Crippen molar-refractivity contribution in [3.05, 3.63) is 41.6 Å². The largest absolute Gasteiger partial charge is 1.00 e. The summed E-state index contributed by atoms with van der Waals surface area (Å²) in [5, 5.41) is 22.5. The van der Waals surface area contributed by atoms with E-state index in [1.165, 1.54) is 11.8 Å². The number of thioether (sulfide) groups is 1. The Balaban J connectivity index is 0.00000243. The maximum atomic E-state index is 12.2. The van der Waals surface area contributed by atoms with E-state index >= 15 is 0 Å². The molecule has 1 fully saturated rings. The summed E-state index contributed by atoms with van der Waals surface area (Å²) in [6.07, 6.45) is 0. The third-order valence-electron chi connectivity index (χ3n) is 3.86. The van der Waals surface area contributed by atoms with Gasteiger partial charge >= 0.3 is 51.4 Å². The predicted octanol–water partition coefficient (Wildman–Crippen LogP) is -4.53. The number of carboxylic acids is 1. The second-order valence-corrected chi connectivity index (χ2v) is 6.56. The Hall–Kier alpha value is -0.884. The molecule has 10 heteroatoms. The average molecular weight is 402 g/mol. The molecule has 2 aliphatic heterocycles. The molecule has 2 heterocycles. The van der Waals surface area contributed by atoms with Gasteiger partial charge in [0.25, 0.3) is 11.8 Å². The standard InChI is InChI=1S/C16H16N2O6S.K/c19-6-9-8-25-15-12(14(21)18(15)13(9)16(22)23)17-11(20)7-24-10-4-2-1-3-5-10;/h1-5,12,15,19H,6-8H2,(H,17,20)(H,22,23);/q;+1/p-1/t12-,15+;/m0./s1.